The van der Waals surface area contributed by atoms with E-state index in [1.165, 1.54) is 16.7 Å². The maximum Gasteiger partial charge on any atom is 0.257 e. The average Bonchev–Trinajstić information content (AvgIpc) is 2.70. The Bertz CT molecular complexity index is 1150. The Morgan fingerprint density at radius 3 is 2.57 bits per heavy atom. The normalized spacial score (nSPS) is 10.8. The maximum absolute atomic E-state index is 13.5. The van der Waals surface area contributed by atoms with Crippen LogP contribution in [0.5, 0.6) is 0 Å². The molecule has 0 fully saturated rings. The smallest absolute Gasteiger partial charge is 0.257 e. The molecular weight excluding hydrogens is 432 g/mol. The summed E-state index contributed by atoms with van der Waals surface area (Å²) in [5.41, 5.74) is 1.02. The highest BCUT2D eigenvalue weighted by atomic mass is 35.5. The van der Waals surface area contributed by atoms with Crippen LogP contribution in [0.2, 0.25) is 10.0 Å². The highest BCUT2D eigenvalue weighted by Crippen LogP contribution is 2.23. The van der Waals surface area contributed by atoms with E-state index in [1.807, 2.05) is 0 Å². The highest BCUT2D eigenvalue weighted by Gasteiger charge is 2.18. The predicted molar refractivity (Wildman–Crippen MR) is 115 cm³/mol. The molecule has 3 aromatic rings. The number of nitrogens with zero attached hydrogens (tertiary/aromatic N) is 2. The second kappa shape index (κ2) is 9.38. The summed E-state index contributed by atoms with van der Waals surface area (Å²) in [5, 5.41) is 12.5. The summed E-state index contributed by atoms with van der Waals surface area (Å²) < 4.78 is 14.7. The van der Waals surface area contributed by atoms with E-state index in [1.54, 1.807) is 31.2 Å². The number of aryl methyl sites for hydroxylation is 1. The minimum Gasteiger partial charge on any atom is -0.396 e. The number of hydrogen-bond acceptors (Lipinski definition) is 4. The fourth-order valence-electron chi connectivity index (χ4n) is 2.99. The van der Waals surface area contributed by atoms with Crippen LogP contribution in [0.15, 0.2) is 47.3 Å². The van der Waals surface area contributed by atoms with Gasteiger partial charge in [-0.15, -0.1) is 0 Å². The number of rotatable bonds is 6. The molecule has 1 heterocycles. The summed E-state index contributed by atoms with van der Waals surface area (Å²) in [7, 11) is 0. The Kier molecular flexibility index (Phi) is 6.87. The van der Waals surface area contributed by atoms with Crippen LogP contribution in [0.4, 0.5) is 10.1 Å². The molecule has 0 saturated carbocycles. The fraction of sp³-hybridized carbons (Fsp3) is 0.190. The van der Waals surface area contributed by atoms with Crippen molar-refractivity contribution in [3.8, 4) is 11.4 Å². The van der Waals surface area contributed by atoms with Crippen LogP contribution in [0.25, 0.3) is 11.4 Å². The predicted octanol–water partition coefficient (Wildman–Crippen LogP) is 3.84. The average molecular weight is 450 g/mol. The Hall–Kier alpha value is -2.74. The van der Waals surface area contributed by atoms with Crippen molar-refractivity contribution in [1.82, 2.24) is 9.55 Å². The monoisotopic (exact) mass is 449 g/mol. The lowest BCUT2D eigenvalue weighted by Gasteiger charge is -2.16. The Morgan fingerprint density at radius 2 is 1.90 bits per heavy atom. The number of aliphatic hydroxyl groups excluding tert-OH is 1. The third kappa shape index (κ3) is 4.87. The molecule has 0 unspecified atom stereocenters. The van der Waals surface area contributed by atoms with Gasteiger partial charge in [-0.25, -0.2) is 9.37 Å². The number of benzene rings is 2. The molecular formula is C21H18Cl2FN3O3. The van der Waals surface area contributed by atoms with Gasteiger partial charge in [0.25, 0.3) is 5.56 Å². The molecule has 0 radical (unpaired) electrons. The van der Waals surface area contributed by atoms with Crippen LogP contribution >= 0.6 is 23.2 Å². The molecule has 2 N–H and O–H groups in total. The summed E-state index contributed by atoms with van der Waals surface area (Å²) in [6.45, 7) is 1.06. The number of carbonyl (C=O) groups is 1. The van der Waals surface area contributed by atoms with Gasteiger partial charge >= 0.3 is 0 Å². The van der Waals surface area contributed by atoms with Gasteiger partial charge in [0, 0.05) is 34.9 Å². The summed E-state index contributed by atoms with van der Waals surface area (Å²) in [4.78, 5) is 30.2. The standard InChI is InChI=1S/C21H18Cl2FN3O3/c1-12-16(8-9-28)21(30)27(20(25-12)13-2-4-14(22)5-3-13)11-19(29)26-18-10-15(24)6-7-17(18)23/h2-7,10,28H,8-9,11H2,1H3,(H,26,29). The molecule has 2 aromatic carbocycles. The highest BCUT2D eigenvalue weighted by molar-refractivity contribution is 6.33. The van der Waals surface area contributed by atoms with Crippen LogP contribution in [-0.4, -0.2) is 27.2 Å². The number of halogens is 3. The van der Waals surface area contributed by atoms with Gasteiger partial charge in [-0.3, -0.25) is 14.2 Å². The summed E-state index contributed by atoms with van der Waals surface area (Å²) in [6.07, 6.45) is 0.107. The van der Waals surface area contributed by atoms with Crippen LogP contribution < -0.4 is 10.9 Å². The van der Waals surface area contributed by atoms with Crippen LogP contribution in [0.3, 0.4) is 0 Å². The van der Waals surface area contributed by atoms with E-state index in [0.29, 0.717) is 21.8 Å². The molecule has 1 aromatic heterocycles. The van der Waals surface area contributed by atoms with Gasteiger partial charge in [0.2, 0.25) is 5.91 Å². The van der Waals surface area contributed by atoms with Gasteiger partial charge in [-0.05, 0) is 49.4 Å². The molecule has 0 aliphatic carbocycles. The van der Waals surface area contributed by atoms with Crippen LogP contribution in [-0.2, 0) is 17.8 Å². The first-order valence-corrected chi connectivity index (χ1v) is 9.77. The molecule has 9 heteroatoms. The Labute approximate surface area is 181 Å². The van der Waals surface area contributed by atoms with Crippen molar-refractivity contribution >= 4 is 34.8 Å². The number of carbonyl (C=O) groups excluding carboxylic acids is 1. The van der Waals surface area contributed by atoms with Gasteiger partial charge < -0.3 is 10.4 Å². The zero-order valence-corrected chi connectivity index (χ0v) is 17.5. The van der Waals surface area contributed by atoms with E-state index >= 15 is 0 Å². The molecule has 0 aliphatic heterocycles. The number of nitrogens with one attached hydrogen (secondary N) is 1. The molecule has 30 heavy (non-hydrogen) atoms. The third-order valence-corrected chi connectivity index (χ3v) is 5.02. The number of aliphatic hydroxyl groups is 1. The van der Waals surface area contributed by atoms with E-state index in [-0.39, 0.29) is 36.1 Å². The molecule has 0 saturated heterocycles. The lowest BCUT2D eigenvalue weighted by atomic mass is 10.1. The van der Waals surface area contributed by atoms with Crippen molar-refractivity contribution < 1.29 is 14.3 Å². The minimum absolute atomic E-state index is 0.0958. The first kappa shape index (κ1) is 22.0. The number of amides is 1. The zero-order valence-electron chi connectivity index (χ0n) is 16.0. The van der Waals surface area contributed by atoms with Gasteiger partial charge in [0.15, 0.2) is 0 Å². The van der Waals surface area contributed by atoms with Gasteiger partial charge in [0.05, 0.1) is 10.7 Å². The van der Waals surface area contributed by atoms with Crippen LogP contribution in [0, 0.1) is 12.7 Å². The van der Waals surface area contributed by atoms with E-state index in [0.717, 1.165) is 6.07 Å². The van der Waals surface area contributed by atoms with Crippen molar-refractivity contribution in [2.75, 3.05) is 11.9 Å². The largest absolute Gasteiger partial charge is 0.396 e. The zero-order chi connectivity index (χ0) is 21.8. The number of aromatic nitrogens is 2. The molecule has 0 bridgehead atoms. The van der Waals surface area contributed by atoms with E-state index in [2.05, 4.69) is 10.3 Å². The molecule has 156 valence electrons. The third-order valence-electron chi connectivity index (χ3n) is 4.44. The summed E-state index contributed by atoms with van der Waals surface area (Å²) >= 11 is 11.9. The fourth-order valence-corrected chi connectivity index (χ4v) is 3.28. The van der Waals surface area contributed by atoms with Crippen LogP contribution in [0.1, 0.15) is 11.3 Å². The van der Waals surface area contributed by atoms with Gasteiger partial charge in [-0.1, -0.05) is 23.2 Å². The second-order valence-electron chi connectivity index (χ2n) is 6.54. The molecule has 0 atom stereocenters. The lowest BCUT2D eigenvalue weighted by Crippen LogP contribution is -2.33. The Morgan fingerprint density at radius 1 is 1.20 bits per heavy atom. The van der Waals surface area contributed by atoms with Crippen molar-refractivity contribution in [2.24, 2.45) is 0 Å². The van der Waals surface area contributed by atoms with Crippen molar-refractivity contribution in [1.29, 1.82) is 0 Å². The summed E-state index contributed by atoms with van der Waals surface area (Å²) in [5.74, 6) is -0.868. The molecule has 6 nitrogen and oxygen atoms in total. The van der Waals surface area contributed by atoms with Crippen molar-refractivity contribution in [2.45, 2.75) is 19.9 Å². The van der Waals surface area contributed by atoms with Crippen molar-refractivity contribution in [3.63, 3.8) is 0 Å². The second-order valence-corrected chi connectivity index (χ2v) is 7.39. The van der Waals surface area contributed by atoms with E-state index in [9.17, 15) is 19.1 Å². The quantitative estimate of drug-likeness (QED) is 0.598. The first-order chi connectivity index (χ1) is 14.3. The molecule has 1 amide bonds. The first-order valence-electron chi connectivity index (χ1n) is 9.02. The molecule has 3 rings (SSSR count). The minimum atomic E-state index is -0.583. The lowest BCUT2D eigenvalue weighted by molar-refractivity contribution is -0.116. The summed E-state index contributed by atoms with van der Waals surface area (Å²) in [6, 6.07) is 10.3. The van der Waals surface area contributed by atoms with Crippen molar-refractivity contribution in [3.05, 3.63) is 79.9 Å². The number of hydrogen-bond donors (Lipinski definition) is 2. The molecule has 0 spiro atoms. The maximum atomic E-state index is 13.5. The van der Waals surface area contributed by atoms with E-state index < -0.39 is 17.3 Å². The molecule has 0 aliphatic rings. The topological polar surface area (TPSA) is 84.2 Å². The van der Waals surface area contributed by atoms with E-state index in [4.69, 9.17) is 23.2 Å². The van der Waals surface area contributed by atoms with Gasteiger partial charge in [0.1, 0.15) is 18.2 Å². The number of anilines is 1. The SMILES string of the molecule is Cc1nc(-c2ccc(Cl)cc2)n(CC(=O)Nc2cc(F)ccc2Cl)c(=O)c1CCO. The Balaban J connectivity index is 2.03. The van der Waals surface area contributed by atoms with Gasteiger partial charge in [-0.2, -0.15) is 0 Å².